The van der Waals surface area contributed by atoms with Gasteiger partial charge in [-0.1, -0.05) is 23.8 Å². The molecular formula is C32H31Cl2N3O6. The van der Waals surface area contributed by atoms with Gasteiger partial charge in [0, 0.05) is 31.7 Å². The van der Waals surface area contributed by atoms with Crippen molar-refractivity contribution in [3.8, 4) is 5.75 Å². The van der Waals surface area contributed by atoms with Crippen LogP contribution in [0.5, 0.6) is 5.75 Å². The highest BCUT2D eigenvalue weighted by Crippen LogP contribution is 2.65. The van der Waals surface area contributed by atoms with E-state index in [9.17, 15) is 24.3 Å². The second-order valence-corrected chi connectivity index (χ2v) is 13.4. The zero-order valence-electron chi connectivity index (χ0n) is 23.8. The molecule has 2 aliphatic carbocycles. The predicted octanol–water partition coefficient (Wildman–Crippen LogP) is 3.73. The Kier molecular flexibility index (Phi) is 6.47. The summed E-state index contributed by atoms with van der Waals surface area (Å²) in [6.07, 6.45) is 2.14. The summed E-state index contributed by atoms with van der Waals surface area (Å²) in [5.41, 5.74) is 3.37. The number of allylic oxidation sites excluding steroid dienone is 2. The van der Waals surface area contributed by atoms with Crippen LogP contribution in [-0.2, 0) is 23.9 Å². The average Bonchev–Trinajstić information content (AvgIpc) is 3.34. The number of carbonyl (C=O) groups excluding carboxylic acids is 4. The topological polar surface area (TPSA) is 107 Å². The van der Waals surface area contributed by atoms with Crippen LogP contribution in [-0.4, -0.2) is 76.7 Å². The number of phenols is 1. The molecule has 0 bridgehead atoms. The molecule has 3 aliphatic heterocycles. The van der Waals surface area contributed by atoms with E-state index in [1.807, 2.05) is 18.2 Å². The molecule has 0 spiro atoms. The Hall–Kier alpha value is -3.40. The van der Waals surface area contributed by atoms with Gasteiger partial charge >= 0.3 is 0 Å². The summed E-state index contributed by atoms with van der Waals surface area (Å²) in [5, 5.41) is 10.2. The molecule has 3 saturated heterocycles. The Balaban J connectivity index is 1.29. The highest BCUT2D eigenvalue weighted by molar-refractivity contribution is 6.53. The van der Waals surface area contributed by atoms with Crippen LogP contribution in [0.15, 0.2) is 54.1 Å². The van der Waals surface area contributed by atoms with E-state index in [0.717, 1.165) is 29.2 Å². The van der Waals surface area contributed by atoms with Gasteiger partial charge in [0.1, 0.15) is 5.75 Å². The number of likely N-dealkylation sites (tertiary alicyclic amines) is 1. The molecule has 5 aliphatic rings. The maximum atomic E-state index is 14.2. The van der Waals surface area contributed by atoms with E-state index in [2.05, 4.69) is 4.90 Å². The summed E-state index contributed by atoms with van der Waals surface area (Å²) < 4.78 is 5.44. The number of ether oxygens (including phenoxy) is 1. The molecule has 4 fully saturated rings. The fourth-order valence-electron chi connectivity index (χ4n) is 7.86. The van der Waals surface area contributed by atoms with E-state index in [4.69, 9.17) is 27.9 Å². The number of hydrogen-bond donors (Lipinski definition) is 1. The fourth-order valence-corrected chi connectivity index (χ4v) is 8.88. The molecular weight excluding hydrogens is 593 g/mol. The lowest BCUT2D eigenvalue weighted by Gasteiger charge is -2.50. The zero-order chi connectivity index (χ0) is 30.4. The van der Waals surface area contributed by atoms with Crippen molar-refractivity contribution in [2.75, 3.05) is 43.2 Å². The Bertz CT molecular complexity index is 1600. The summed E-state index contributed by atoms with van der Waals surface area (Å²) in [4.78, 5) is 56.0. The Morgan fingerprint density at radius 2 is 1.58 bits per heavy atom. The minimum absolute atomic E-state index is 0.0592. The van der Waals surface area contributed by atoms with Gasteiger partial charge in [0.25, 0.3) is 11.8 Å². The first-order chi connectivity index (χ1) is 20.5. The molecule has 1 saturated carbocycles. The molecule has 3 heterocycles. The molecule has 224 valence electrons. The second-order valence-electron chi connectivity index (χ2n) is 12.2. The maximum Gasteiger partial charge on any atom is 0.253 e. The molecule has 2 aromatic carbocycles. The van der Waals surface area contributed by atoms with Crippen molar-refractivity contribution in [3.63, 3.8) is 0 Å². The molecule has 1 N–H and O–H groups in total. The Morgan fingerprint density at radius 3 is 2.26 bits per heavy atom. The monoisotopic (exact) mass is 623 g/mol. The lowest BCUT2D eigenvalue weighted by Crippen LogP contribution is -2.60. The highest BCUT2D eigenvalue weighted by Gasteiger charge is 2.75. The van der Waals surface area contributed by atoms with E-state index >= 15 is 0 Å². The number of phenolic OH excluding ortho intramolecular Hbond substituents is 1. The fraction of sp³-hybridized carbons (Fsp3) is 0.438. The third-order valence-electron chi connectivity index (χ3n) is 10.1. The molecule has 7 rings (SSSR count). The van der Waals surface area contributed by atoms with Gasteiger partial charge in [0.05, 0.1) is 30.7 Å². The SMILES string of the molecule is Cc1cc([C@H]2C3=CC[C@@H]4C(=O)N(c5ccc(N6CCOCC6)cc5)C(=O)[C@@H]4[C@@H]3C[C@@]3(Cl)C(=O)N(C)C(=O)[C@@]23Cl)ccc1O. The van der Waals surface area contributed by atoms with Crippen LogP contribution in [0.1, 0.15) is 29.9 Å². The molecule has 11 heteroatoms. The summed E-state index contributed by atoms with van der Waals surface area (Å²) in [5.74, 6) is -4.64. The van der Waals surface area contributed by atoms with Crippen molar-refractivity contribution in [1.82, 2.24) is 4.90 Å². The summed E-state index contributed by atoms with van der Waals surface area (Å²) >= 11 is 14.4. The third kappa shape index (κ3) is 3.80. The lowest BCUT2D eigenvalue weighted by molar-refractivity contribution is -0.138. The van der Waals surface area contributed by atoms with Gasteiger partial charge in [-0.25, -0.2) is 0 Å². The molecule has 2 aromatic rings. The molecule has 43 heavy (non-hydrogen) atoms. The van der Waals surface area contributed by atoms with Gasteiger partial charge in [-0.05, 0) is 67.1 Å². The van der Waals surface area contributed by atoms with E-state index in [1.165, 1.54) is 18.0 Å². The van der Waals surface area contributed by atoms with Crippen LogP contribution in [0.4, 0.5) is 11.4 Å². The van der Waals surface area contributed by atoms with Crippen molar-refractivity contribution in [1.29, 1.82) is 0 Å². The standard InChI is InChI=1S/C32H31Cl2N3O6/c1-17-15-18(3-10-24(17)38)26-21-8-9-22-25(23(21)16-31(33)29(41)35(2)30(42)32(26,31)34)28(40)37(27(22)39)20-6-4-19(5-7-20)36-11-13-43-14-12-36/h3-8,10,15,22-23,25-26,38H,9,11-14,16H2,1-2H3/t22-,23+,25-,26-,31+,32-/m0/s1. The maximum absolute atomic E-state index is 14.2. The number of anilines is 2. The number of fused-ring (bicyclic) bond motifs is 4. The smallest absolute Gasteiger partial charge is 0.253 e. The first-order valence-electron chi connectivity index (χ1n) is 14.5. The van der Waals surface area contributed by atoms with Gasteiger partial charge in [0.15, 0.2) is 9.75 Å². The van der Waals surface area contributed by atoms with E-state index in [1.54, 1.807) is 31.2 Å². The number of halogens is 2. The molecule has 0 radical (unpaired) electrons. The van der Waals surface area contributed by atoms with Gasteiger partial charge in [0.2, 0.25) is 11.8 Å². The summed E-state index contributed by atoms with van der Waals surface area (Å²) in [7, 11) is 1.36. The number of imide groups is 2. The number of carbonyl (C=O) groups is 4. The minimum atomic E-state index is -1.85. The molecule has 0 aromatic heterocycles. The largest absolute Gasteiger partial charge is 0.508 e. The highest BCUT2D eigenvalue weighted by atomic mass is 35.5. The van der Waals surface area contributed by atoms with Crippen LogP contribution >= 0.6 is 23.2 Å². The van der Waals surface area contributed by atoms with Crippen molar-refractivity contribution >= 4 is 58.2 Å². The van der Waals surface area contributed by atoms with Crippen LogP contribution in [0.25, 0.3) is 0 Å². The third-order valence-corrected chi connectivity index (χ3v) is 11.5. The number of amides is 4. The van der Waals surface area contributed by atoms with Crippen molar-refractivity contribution in [2.45, 2.75) is 35.4 Å². The van der Waals surface area contributed by atoms with Gasteiger partial charge < -0.3 is 14.7 Å². The molecule has 9 nitrogen and oxygen atoms in total. The van der Waals surface area contributed by atoms with Crippen LogP contribution in [0.2, 0.25) is 0 Å². The summed E-state index contributed by atoms with van der Waals surface area (Å²) in [6.45, 7) is 4.55. The Morgan fingerprint density at radius 1 is 0.907 bits per heavy atom. The number of hydrogen-bond acceptors (Lipinski definition) is 7. The van der Waals surface area contributed by atoms with Crippen LogP contribution < -0.4 is 9.80 Å². The number of aryl methyl sites for hydroxylation is 1. The minimum Gasteiger partial charge on any atom is -0.508 e. The van der Waals surface area contributed by atoms with E-state index < -0.39 is 45.2 Å². The Labute approximate surface area is 259 Å². The van der Waals surface area contributed by atoms with E-state index in [0.29, 0.717) is 30.0 Å². The van der Waals surface area contributed by atoms with Gasteiger partial charge in [-0.15, -0.1) is 23.2 Å². The summed E-state index contributed by atoms with van der Waals surface area (Å²) in [6, 6.07) is 12.3. The average molecular weight is 625 g/mol. The number of alkyl halides is 2. The number of aromatic hydroxyl groups is 1. The zero-order valence-corrected chi connectivity index (χ0v) is 25.3. The quantitative estimate of drug-likeness (QED) is 0.315. The first kappa shape index (κ1) is 28.4. The van der Waals surface area contributed by atoms with E-state index in [-0.39, 0.29) is 30.4 Å². The van der Waals surface area contributed by atoms with Crippen molar-refractivity contribution < 1.29 is 29.0 Å². The lowest BCUT2D eigenvalue weighted by atomic mass is 9.56. The van der Waals surface area contributed by atoms with Crippen molar-refractivity contribution in [2.24, 2.45) is 17.8 Å². The number of morpholine rings is 1. The first-order valence-corrected chi connectivity index (χ1v) is 15.2. The number of rotatable bonds is 3. The van der Waals surface area contributed by atoms with Crippen LogP contribution in [0, 0.1) is 24.7 Å². The predicted molar refractivity (Wildman–Crippen MR) is 160 cm³/mol. The van der Waals surface area contributed by atoms with Gasteiger partial charge in [-0.3, -0.25) is 29.0 Å². The number of benzene rings is 2. The second kappa shape index (κ2) is 9.81. The normalized spacial score (nSPS) is 33.9. The van der Waals surface area contributed by atoms with Gasteiger partial charge in [-0.2, -0.15) is 0 Å². The molecule has 4 amide bonds. The number of nitrogens with zero attached hydrogens (tertiary/aromatic N) is 3. The molecule has 6 atom stereocenters. The van der Waals surface area contributed by atoms with Crippen molar-refractivity contribution in [3.05, 3.63) is 65.2 Å². The van der Waals surface area contributed by atoms with Crippen LogP contribution in [0.3, 0.4) is 0 Å². The molecule has 0 unspecified atom stereocenters.